The van der Waals surface area contributed by atoms with Crippen LogP contribution in [0.4, 0.5) is 0 Å². The fourth-order valence-electron chi connectivity index (χ4n) is 1.11. The molecule has 0 bridgehead atoms. The largest absolute Gasteiger partial charge is 0.435 e. The molecule has 1 rings (SSSR count). The molecule has 0 spiro atoms. The highest BCUT2D eigenvalue weighted by atomic mass is 32.2. The van der Waals surface area contributed by atoms with Gasteiger partial charge in [0.05, 0.1) is 0 Å². The van der Waals surface area contributed by atoms with E-state index in [0.29, 0.717) is 0 Å². The van der Waals surface area contributed by atoms with Crippen molar-refractivity contribution in [2.45, 2.75) is 12.4 Å². The second-order valence-electron chi connectivity index (χ2n) is 3.44. The lowest BCUT2D eigenvalue weighted by molar-refractivity contribution is -0.141. The quantitative estimate of drug-likeness (QED) is 0.503. The van der Waals surface area contributed by atoms with Gasteiger partial charge in [-0.05, 0) is 6.92 Å². The summed E-state index contributed by atoms with van der Waals surface area (Å²) in [5.41, 5.74) is -1.51. The fourth-order valence-corrected chi connectivity index (χ4v) is 1.82. The molecule has 0 aliphatic heterocycles. The van der Waals surface area contributed by atoms with Gasteiger partial charge in [-0.15, -0.1) is 0 Å². The Labute approximate surface area is 99.5 Å². The molecule has 1 aromatic carbocycles. The van der Waals surface area contributed by atoms with Crippen LogP contribution in [0.3, 0.4) is 0 Å². The van der Waals surface area contributed by atoms with Gasteiger partial charge >= 0.3 is 16.1 Å². The van der Waals surface area contributed by atoms with E-state index in [1.165, 1.54) is 19.1 Å². The monoisotopic (exact) mass is 256 g/mol. The summed E-state index contributed by atoms with van der Waals surface area (Å²) < 4.78 is 36.0. The van der Waals surface area contributed by atoms with Gasteiger partial charge in [-0.3, -0.25) is 4.55 Å². The van der Waals surface area contributed by atoms with Gasteiger partial charge in [-0.25, -0.2) is 4.79 Å². The van der Waals surface area contributed by atoms with Crippen molar-refractivity contribution < 1.29 is 22.5 Å². The molecule has 5 nitrogen and oxygen atoms in total. The molecule has 1 aromatic rings. The molecule has 1 unspecified atom stereocenters. The summed E-state index contributed by atoms with van der Waals surface area (Å²) in [6, 6.07) is 7.68. The van der Waals surface area contributed by atoms with E-state index in [2.05, 4.69) is 11.3 Å². The molecule has 92 valence electrons. The van der Waals surface area contributed by atoms with Crippen molar-refractivity contribution in [3.63, 3.8) is 0 Å². The number of rotatable bonds is 4. The summed E-state index contributed by atoms with van der Waals surface area (Å²) >= 11 is 0. The third kappa shape index (κ3) is 3.69. The molecule has 6 heteroatoms. The van der Waals surface area contributed by atoms with Crippen LogP contribution in [0.15, 0.2) is 42.5 Å². The Morgan fingerprint density at radius 2 is 1.88 bits per heavy atom. The van der Waals surface area contributed by atoms with Crippen LogP contribution >= 0.6 is 0 Å². The Bertz CT molecular complexity index is 518. The lowest BCUT2D eigenvalue weighted by Gasteiger charge is -2.15. The van der Waals surface area contributed by atoms with Gasteiger partial charge < -0.3 is 4.74 Å². The van der Waals surface area contributed by atoms with E-state index in [9.17, 15) is 13.2 Å². The summed E-state index contributed by atoms with van der Waals surface area (Å²) in [4.78, 5) is 11.3. The number of ether oxygens (including phenoxy) is 1. The van der Waals surface area contributed by atoms with Crippen LogP contribution in [0, 0.1) is 0 Å². The number of carbonyl (C=O) groups excluding carboxylic acids is 1. The van der Waals surface area contributed by atoms with Crippen LogP contribution in [0.2, 0.25) is 0 Å². The van der Waals surface area contributed by atoms with Crippen molar-refractivity contribution >= 4 is 16.1 Å². The first kappa shape index (κ1) is 13.4. The zero-order valence-electron chi connectivity index (χ0n) is 9.16. The minimum atomic E-state index is -4.53. The maximum absolute atomic E-state index is 11.3. The predicted octanol–water partition coefficient (Wildman–Crippen LogP) is 1.69. The van der Waals surface area contributed by atoms with E-state index >= 15 is 0 Å². The first-order chi connectivity index (χ1) is 7.82. The van der Waals surface area contributed by atoms with E-state index in [-0.39, 0.29) is 11.1 Å². The summed E-state index contributed by atoms with van der Waals surface area (Å²) in [5, 5.41) is 0. The molecule has 1 atom stereocenters. The number of esters is 1. The molecule has 1 N–H and O–H groups in total. The molecule has 0 saturated heterocycles. The average Bonchev–Trinajstić information content (AvgIpc) is 2.25. The van der Waals surface area contributed by atoms with Crippen LogP contribution in [0.5, 0.6) is 0 Å². The lowest BCUT2D eigenvalue weighted by atomic mass is 10.2. The van der Waals surface area contributed by atoms with Crippen LogP contribution < -0.4 is 0 Å². The molecular weight excluding hydrogens is 244 g/mol. The Morgan fingerprint density at radius 1 is 1.35 bits per heavy atom. The van der Waals surface area contributed by atoms with E-state index in [4.69, 9.17) is 4.55 Å². The molecule has 0 aliphatic carbocycles. The Kier molecular flexibility index (Phi) is 4.03. The van der Waals surface area contributed by atoms with Crippen molar-refractivity contribution in [2.75, 3.05) is 0 Å². The number of hydrogen-bond acceptors (Lipinski definition) is 4. The molecule has 0 heterocycles. The third-order valence-corrected chi connectivity index (χ3v) is 2.81. The minimum absolute atomic E-state index is 0.0505. The second kappa shape index (κ2) is 5.11. The van der Waals surface area contributed by atoms with E-state index in [1.807, 2.05) is 0 Å². The predicted molar refractivity (Wildman–Crippen MR) is 61.6 cm³/mol. The van der Waals surface area contributed by atoms with Gasteiger partial charge in [-0.1, -0.05) is 36.9 Å². The zero-order chi connectivity index (χ0) is 13.1. The van der Waals surface area contributed by atoms with Crippen LogP contribution in [-0.2, 0) is 19.6 Å². The molecule has 17 heavy (non-hydrogen) atoms. The van der Waals surface area contributed by atoms with Crippen molar-refractivity contribution in [2.24, 2.45) is 0 Å². The molecular formula is C11H12O5S. The standard InChI is InChI=1S/C11H12O5S/c1-8(2)10(12)16-11(17(13,14)15)9-6-4-3-5-7-9/h3-7,11H,1H2,2H3,(H,13,14,15). The van der Waals surface area contributed by atoms with E-state index in [1.54, 1.807) is 18.2 Å². The van der Waals surface area contributed by atoms with Gasteiger partial charge in [0, 0.05) is 11.1 Å². The Hall–Kier alpha value is -1.66. The Morgan fingerprint density at radius 3 is 2.29 bits per heavy atom. The SMILES string of the molecule is C=C(C)C(=O)OC(c1ccccc1)S(=O)(=O)O. The minimum Gasteiger partial charge on any atom is -0.435 e. The average molecular weight is 256 g/mol. The van der Waals surface area contributed by atoms with Crippen molar-refractivity contribution in [1.29, 1.82) is 0 Å². The summed E-state index contributed by atoms with van der Waals surface area (Å²) in [6.45, 7) is 4.72. The van der Waals surface area contributed by atoms with E-state index < -0.39 is 21.5 Å². The van der Waals surface area contributed by atoms with Gasteiger partial charge in [-0.2, -0.15) is 8.42 Å². The molecule has 0 saturated carbocycles. The topological polar surface area (TPSA) is 80.7 Å². The van der Waals surface area contributed by atoms with Crippen LogP contribution in [-0.4, -0.2) is 18.9 Å². The first-order valence-electron chi connectivity index (χ1n) is 4.70. The highest BCUT2D eigenvalue weighted by molar-refractivity contribution is 7.85. The molecule has 0 fully saturated rings. The number of carbonyl (C=O) groups is 1. The maximum atomic E-state index is 11.3. The number of hydrogen-bond donors (Lipinski definition) is 1. The highest BCUT2D eigenvalue weighted by Gasteiger charge is 2.29. The molecule has 0 radical (unpaired) electrons. The molecule has 0 amide bonds. The summed E-state index contributed by atoms with van der Waals surface area (Å²) in [6.07, 6.45) is 0. The zero-order valence-corrected chi connectivity index (χ0v) is 9.98. The van der Waals surface area contributed by atoms with Gasteiger partial charge in [0.25, 0.3) is 5.44 Å². The first-order valence-corrected chi connectivity index (χ1v) is 6.20. The molecule has 0 aromatic heterocycles. The maximum Gasteiger partial charge on any atom is 0.334 e. The van der Waals surface area contributed by atoms with Crippen LogP contribution in [0.25, 0.3) is 0 Å². The fraction of sp³-hybridized carbons (Fsp3) is 0.182. The van der Waals surface area contributed by atoms with Gasteiger partial charge in [0.15, 0.2) is 0 Å². The van der Waals surface area contributed by atoms with E-state index in [0.717, 1.165) is 0 Å². The summed E-state index contributed by atoms with van der Waals surface area (Å²) in [5.74, 6) is -0.878. The summed E-state index contributed by atoms with van der Waals surface area (Å²) in [7, 11) is -4.53. The second-order valence-corrected chi connectivity index (χ2v) is 4.90. The van der Waals surface area contributed by atoms with Gasteiger partial charge in [0.1, 0.15) is 0 Å². The van der Waals surface area contributed by atoms with Crippen LogP contribution in [0.1, 0.15) is 17.9 Å². The third-order valence-electron chi connectivity index (χ3n) is 1.90. The van der Waals surface area contributed by atoms with Crippen molar-refractivity contribution in [3.8, 4) is 0 Å². The highest BCUT2D eigenvalue weighted by Crippen LogP contribution is 2.23. The normalized spacial score (nSPS) is 12.8. The number of benzene rings is 1. The van der Waals surface area contributed by atoms with Crippen molar-refractivity contribution in [1.82, 2.24) is 0 Å². The Balaban J connectivity index is 3.07. The van der Waals surface area contributed by atoms with Crippen molar-refractivity contribution in [3.05, 3.63) is 48.0 Å². The van der Waals surface area contributed by atoms with Gasteiger partial charge in [0.2, 0.25) is 0 Å². The lowest BCUT2D eigenvalue weighted by Crippen LogP contribution is -2.19. The molecule has 0 aliphatic rings. The smallest absolute Gasteiger partial charge is 0.334 e.